The minimum Gasteiger partial charge on any atom is -0.496 e. The van der Waals surface area contributed by atoms with Crippen LogP contribution in [-0.4, -0.2) is 12.9 Å². The Morgan fingerprint density at radius 2 is 1.79 bits per heavy atom. The summed E-state index contributed by atoms with van der Waals surface area (Å²) in [6, 6.07) is 13.7. The van der Waals surface area contributed by atoms with Crippen LogP contribution in [-0.2, 0) is 6.42 Å². The number of carbonyl (C=O) groups is 1. The molecule has 2 aromatic rings. The predicted molar refractivity (Wildman–Crippen MR) is 76.9 cm³/mol. The second-order valence-electron chi connectivity index (χ2n) is 4.79. The zero-order valence-corrected chi connectivity index (χ0v) is 11.6. The van der Waals surface area contributed by atoms with Gasteiger partial charge < -0.3 is 4.74 Å². The highest BCUT2D eigenvalue weighted by Crippen LogP contribution is 2.22. The van der Waals surface area contributed by atoms with Crippen LogP contribution in [0.3, 0.4) is 0 Å². The molecule has 19 heavy (non-hydrogen) atoms. The van der Waals surface area contributed by atoms with Crippen molar-refractivity contribution in [3.05, 3.63) is 64.7 Å². The lowest BCUT2D eigenvalue weighted by Gasteiger charge is -2.09. The average molecular weight is 254 g/mol. The van der Waals surface area contributed by atoms with Gasteiger partial charge in [0.2, 0.25) is 0 Å². The molecule has 0 atom stereocenters. The van der Waals surface area contributed by atoms with Crippen molar-refractivity contribution >= 4 is 5.78 Å². The number of rotatable bonds is 4. The number of ether oxygens (including phenoxy) is 1. The molecular weight excluding hydrogens is 236 g/mol. The molecule has 0 bridgehead atoms. The molecule has 2 heteroatoms. The van der Waals surface area contributed by atoms with Crippen LogP contribution in [0.4, 0.5) is 0 Å². The molecule has 0 N–H and O–H groups in total. The Morgan fingerprint density at radius 1 is 1.05 bits per heavy atom. The van der Waals surface area contributed by atoms with Crippen molar-refractivity contribution in [2.24, 2.45) is 0 Å². The quantitative estimate of drug-likeness (QED) is 0.777. The zero-order valence-electron chi connectivity index (χ0n) is 11.6. The van der Waals surface area contributed by atoms with E-state index in [2.05, 4.69) is 0 Å². The van der Waals surface area contributed by atoms with Gasteiger partial charge in [-0.25, -0.2) is 0 Å². The van der Waals surface area contributed by atoms with E-state index in [1.807, 2.05) is 56.3 Å². The van der Waals surface area contributed by atoms with Crippen LogP contribution < -0.4 is 4.74 Å². The third kappa shape index (κ3) is 3.22. The maximum atomic E-state index is 12.3. The van der Waals surface area contributed by atoms with E-state index in [1.54, 1.807) is 7.11 Å². The van der Waals surface area contributed by atoms with Crippen LogP contribution in [0.2, 0.25) is 0 Å². The lowest BCUT2D eigenvalue weighted by atomic mass is 10.00. The maximum absolute atomic E-state index is 12.3. The first-order chi connectivity index (χ1) is 9.10. The van der Waals surface area contributed by atoms with Gasteiger partial charge in [-0.15, -0.1) is 0 Å². The molecule has 0 saturated heterocycles. The Kier molecular flexibility index (Phi) is 4.00. The van der Waals surface area contributed by atoms with Gasteiger partial charge in [-0.3, -0.25) is 4.79 Å². The summed E-state index contributed by atoms with van der Waals surface area (Å²) in [6.45, 7) is 4.01. The standard InChI is InChI=1S/C17H18O2/c1-12-5-4-6-14(9-12)11-16(18)15-8-7-13(2)10-17(15)19-3/h4-10H,11H2,1-3H3. The minimum absolute atomic E-state index is 0.0856. The first-order valence-corrected chi connectivity index (χ1v) is 6.33. The highest BCUT2D eigenvalue weighted by molar-refractivity contribution is 6.00. The van der Waals surface area contributed by atoms with Gasteiger partial charge in [-0.2, -0.15) is 0 Å². The number of carbonyl (C=O) groups excluding carboxylic acids is 1. The van der Waals surface area contributed by atoms with Gasteiger partial charge >= 0.3 is 0 Å². The fourth-order valence-corrected chi connectivity index (χ4v) is 2.13. The molecule has 0 unspecified atom stereocenters. The molecule has 0 saturated carbocycles. The van der Waals surface area contributed by atoms with Crippen molar-refractivity contribution in [3.8, 4) is 5.75 Å². The number of Topliss-reactive ketones (excluding diaryl/α,β-unsaturated/α-hetero) is 1. The molecule has 2 rings (SSSR count). The number of methoxy groups -OCH3 is 1. The van der Waals surface area contributed by atoms with Crippen LogP contribution >= 0.6 is 0 Å². The Labute approximate surface area is 114 Å². The fraction of sp³-hybridized carbons (Fsp3) is 0.235. The summed E-state index contributed by atoms with van der Waals surface area (Å²) in [7, 11) is 1.60. The molecule has 0 aliphatic rings. The summed E-state index contributed by atoms with van der Waals surface area (Å²) in [5.74, 6) is 0.736. The second kappa shape index (κ2) is 5.70. The Balaban J connectivity index is 2.25. The van der Waals surface area contributed by atoms with Crippen molar-refractivity contribution in [1.29, 1.82) is 0 Å². The fourth-order valence-electron chi connectivity index (χ4n) is 2.13. The molecule has 0 fully saturated rings. The van der Waals surface area contributed by atoms with Crippen LogP contribution in [0.5, 0.6) is 5.75 Å². The summed E-state index contributed by atoms with van der Waals surface area (Å²) < 4.78 is 5.29. The largest absolute Gasteiger partial charge is 0.496 e. The Bertz CT molecular complexity index is 600. The molecule has 0 spiro atoms. The number of hydrogen-bond acceptors (Lipinski definition) is 2. The maximum Gasteiger partial charge on any atom is 0.170 e. The van der Waals surface area contributed by atoms with Crippen LogP contribution in [0.15, 0.2) is 42.5 Å². The molecule has 2 aromatic carbocycles. The highest BCUT2D eigenvalue weighted by Gasteiger charge is 2.12. The summed E-state index contributed by atoms with van der Waals surface area (Å²) >= 11 is 0. The van der Waals surface area contributed by atoms with Gasteiger partial charge in [0.05, 0.1) is 12.7 Å². The number of hydrogen-bond donors (Lipinski definition) is 0. The van der Waals surface area contributed by atoms with Crippen molar-refractivity contribution in [2.75, 3.05) is 7.11 Å². The molecular formula is C17H18O2. The molecule has 0 heterocycles. The van der Waals surface area contributed by atoms with Crippen LogP contribution in [0, 0.1) is 13.8 Å². The van der Waals surface area contributed by atoms with Gasteiger partial charge in [0, 0.05) is 6.42 Å². The van der Waals surface area contributed by atoms with E-state index in [0.717, 1.165) is 11.1 Å². The molecule has 0 aromatic heterocycles. The number of ketones is 1. The normalized spacial score (nSPS) is 10.3. The topological polar surface area (TPSA) is 26.3 Å². The summed E-state index contributed by atoms with van der Waals surface area (Å²) in [5, 5.41) is 0. The second-order valence-corrected chi connectivity index (χ2v) is 4.79. The molecule has 0 aliphatic carbocycles. The third-order valence-electron chi connectivity index (χ3n) is 3.10. The van der Waals surface area contributed by atoms with E-state index < -0.39 is 0 Å². The molecule has 0 aliphatic heterocycles. The van der Waals surface area contributed by atoms with E-state index in [9.17, 15) is 4.79 Å². The van der Waals surface area contributed by atoms with Crippen LogP contribution in [0.25, 0.3) is 0 Å². The van der Waals surface area contributed by atoms with E-state index in [0.29, 0.717) is 17.7 Å². The summed E-state index contributed by atoms with van der Waals surface area (Å²) in [4.78, 5) is 12.3. The minimum atomic E-state index is 0.0856. The monoisotopic (exact) mass is 254 g/mol. The van der Waals surface area contributed by atoms with E-state index in [1.165, 1.54) is 5.56 Å². The zero-order chi connectivity index (χ0) is 13.8. The van der Waals surface area contributed by atoms with Crippen LogP contribution in [0.1, 0.15) is 27.0 Å². The van der Waals surface area contributed by atoms with Crippen molar-refractivity contribution in [2.45, 2.75) is 20.3 Å². The van der Waals surface area contributed by atoms with Gasteiger partial charge in [0.25, 0.3) is 0 Å². The Morgan fingerprint density at radius 3 is 2.47 bits per heavy atom. The molecule has 98 valence electrons. The lowest BCUT2D eigenvalue weighted by Crippen LogP contribution is -2.06. The van der Waals surface area contributed by atoms with Crippen molar-refractivity contribution in [1.82, 2.24) is 0 Å². The summed E-state index contributed by atoms with van der Waals surface area (Å²) in [6.07, 6.45) is 0.404. The lowest BCUT2D eigenvalue weighted by molar-refractivity contribution is 0.0990. The van der Waals surface area contributed by atoms with Gasteiger partial charge in [-0.1, -0.05) is 35.9 Å². The van der Waals surface area contributed by atoms with E-state index in [4.69, 9.17) is 4.74 Å². The van der Waals surface area contributed by atoms with E-state index >= 15 is 0 Å². The summed E-state index contributed by atoms with van der Waals surface area (Å²) in [5.41, 5.74) is 3.94. The van der Waals surface area contributed by atoms with Crippen molar-refractivity contribution in [3.63, 3.8) is 0 Å². The first kappa shape index (κ1) is 13.3. The molecule has 0 radical (unpaired) electrons. The number of aryl methyl sites for hydroxylation is 2. The van der Waals surface area contributed by atoms with Gasteiger partial charge in [0.1, 0.15) is 5.75 Å². The first-order valence-electron chi connectivity index (χ1n) is 6.33. The van der Waals surface area contributed by atoms with Gasteiger partial charge in [-0.05, 0) is 37.1 Å². The van der Waals surface area contributed by atoms with Gasteiger partial charge in [0.15, 0.2) is 5.78 Å². The highest BCUT2D eigenvalue weighted by atomic mass is 16.5. The molecule has 2 nitrogen and oxygen atoms in total. The van der Waals surface area contributed by atoms with Crippen molar-refractivity contribution < 1.29 is 9.53 Å². The third-order valence-corrected chi connectivity index (χ3v) is 3.10. The predicted octanol–water partition coefficient (Wildman–Crippen LogP) is 3.74. The average Bonchev–Trinajstić information content (AvgIpc) is 2.38. The molecule has 0 amide bonds. The number of benzene rings is 2. The smallest absolute Gasteiger partial charge is 0.170 e. The Hall–Kier alpha value is -2.09. The van der Waals surface area contributed by atoms with E-state index in [-0.39, 0.29) is 5.78 Å². The SMILES string of the molecule is COc1cc(C)ccc1C(=O)Cc1cccc(C)c1.